The van der Waals surface area contributed by atoms with Crippen molar-refractivity contribution in [3.63, 3.8) is 0 Å². The summed E-state index contributed by atoms with van der Waals surface area (Å²) in [5.41, 5.74) is 4.74. The SMILES string of the molecule is CC(C)=CC1CC(c2ccc(C)cc2)=NO1. The van der Waals surface area contributed by atoms with Crippen LogP contribution in [0.25, 0.3) is 0 Å². The minimum absolute atomic E-state index is 0.112. The van der Waals surface area contributed by atoms with Crippen LogP contribution in [0.1, 0.15) is 31.4 Å². The highest BCUT2D eigenvalue weighted by atomic mass is 16.6. The van der Waals surface area contributed by atoms with E-state index in [1.807, 2.05) is 0 Å². The minimum Gasteiger partial charge on any atom is -0.388 e. The van der Waals surface area contributed by atoms with E-state index in [0.717, 1.165) is 17.7 Å². The van der Waals surface area contributed by atoms with E-state index in [2.05, 4.69) is 56.3 Å². The van der Waals surface area contributed by atoms with Crippen LogP contribution in [0.2, 0.25) is 0 Å². The molecule has 2 rings (SSSR count). The van der Waals surface area contributed by atoms with Gasteiger partial charge in [0.25, 0.3) is 0 Å². The summed E-state index contributed by atoms with van der Waals surface area (Å²) in [6.07, 6.45) is 3.10. The van der Waals surface area contributed by atoms with Gasteiger partial charge in [0.15, 0.2) is 6.10 Å². The first-order chi connectivity index (χ1) is 7.65. The molecule has 0 aliphatic carbocycles. The zero-order valence-corrected chi connectivity index (χ0v) is 10.0. The Kier molecular flexibility index (Phi) is 3.09. The normalized spacial score (nSPS) is 18.9. The Morgan fingerprint density at radius 2 is 2.00 bits per heavy atom. The van der Waals surface area contributed by atoms with Crippen LogP contribution in [0.4, 0.5) is 0 Å². The Labute approximate surface area is 96.6 Å². The fourth-order valence-electron chi connectivity index (χ4n) is 1.77. The number of allylic oxidation sites excluding steroid dienone is 1. The van der Waals surface area contributed by atoms with Gasteiger partial charge in [-0.05, 0) is 32.4 Å². The van der Waals surface area contributed by atoms with Gasteiger partial charge in [-0.2, -0.15) is 0 Å². The molecule has 0 saturated heterocycles. The Morgan fingerprint density at radius 1 is 1.31 bits per heavy atom. The maximum absolute atomic E-state index is 5.37. The summed E-state index contributed by atoms with van der Waals surface area (Å²) in [4.78, 5) is 5.37. The van der Waals surface area contributed by atoms with Gasteiger partial charge in [0.2, 0.25) is 0 Å². The van der Waals surface area contributed by atoms with E-state index in [-0.39, 0.29) is 6.10 Å². The van der Waals surface area contributed by atoms with Crippen molar-refractivity contribution in [2.45, 2.75) is 33.3 Å². The van der Waals surface area contributed by atoms with Gasteiger partial charge in [-0.3, -0.25) is 0 Å². The van der Waals surface area contributed by atoms with E-state index in [1.165, 1.54) is 11.1 Å². The van der Waals surface area contributed by atoms with Crippen molar-refractivity contribution in [1.29, 1.82) is 0 Å². The van der Waals surface area contributed by atoms with Crippen molar-refractivity contribution in [2.75, 3.05) is 0 Å². The van der Waals surface area contributed by atoms with Gasteiger partial charge in [-0.15, -0.1) is 0 Å². The highest BCUT2D eigenvalue weighted by molar-refractivity contribution is 6.01. The molecule has 1 aromatic rings. The first-order valence-electron chi connectivity index (χ1n) is 5.60. The summed E-state index contributed by atoms with van der Waals surface area (Å²) < 4.78 is 0. The van der Waals surface area contributed by atoms with Crippen molar-refractivity contribution in [3.05, 3.63) is 47.0 Å². The van der Waals surface area contributed by atoms with Crippen molar-refractivity contribution < 1.29 is 4.84 Å². The number of hydrogen-bond donors (Lipinski definition) is 0. The lowest BCUT2D eigenvalue weighted by atomic mass is 10.0. The van der Waals surface area contributed by atoms with E-state index in [1.54, 1.807) is 0 Å². The molecule has 1 unspecified atom stereocenters. The summed E-state index contributed by atoms with van der Waals surface area (Å²) in [5, 5.41) is 4.14. The monoisotopic (exact) mass is 215 g/mol. The molecule has 0 spiro atoms. The predicted octanol–water partition coefficient (Wildman–Crippen LogP) is 3.45. The summed E-state index contributed by atoms with van der Waals surface area (Å²) in [6.45, 7) is 6.24. The molecule has 84 valence electrons. The van der Waals surface area contributed by atoms with Crippen molar-refractivity contribution in [3.8, 4) is 0 Å². The molecular formula is C14H17NO. The molecule has 1 aliphatic rings. The van der Waals surface area contributed by atoms with Crippen molar-refractivity contribution in [2.24, 2.45) is 5.16 Å². The molecule has 1 heterocycles. The van der Waals surface area contributed by atoms with Gasteiger partial charge >= 0.3 is 0 Å². The Bertz CT molecular complexity index is 425. The standard InChI is InChI=1S/C14H17NO/c1-10(2)8-13-9-14(15-16-13)12-6-4-11(3)5-7-12/h4-8,13H,9H2,1-3H3. The lowest BCUT2D eigenvalue weighted by molar-refractivity contribution is 0.119. The molecular weight excluding hydrogens is 198 g/mol. The largest absolute Gasteiger partial charge is 0.388 e. The molecule has 1 aromatic carbocycles. The second kappa shape index (κ2) is 4.52. The molecule has 1 aliphatic heterocycles. The number of rotatable bonds is 2. The van der Waals surface area contributed by atoms with E-state index >= 15 is 0 Å². The second-order valence-corrected chi connectivity index (χ2v) is 4.50. The molecule has 0 aromatic heterocycles. The van der Waals surface area contributed by atoms with Crippen LogP contribution < -0.4 is 0 Å². The number of aryl methyl sites for hydroxylation is 1. The quantitative estimate of drug-likeness (QED) is 0.692. The summed E-state index contributed by atoms with van der Waals surface area (Å²) in [5.74, 6) is 0. The lowest BCUT2D eigenvalue weighted by Crippen LogP contribution is -2.05. The Hall–Kier alpha value is -1.57. The third-order valence-electron chi connectivity index (χ3n) is 2.60. The molecule has 0 saturated carbocycles. The van der Waals surface area contributed by atoms with Crippen LogP contribution in [0.3, 0.4) is 0 Å². The second-order valence-electron chi connectivity index (χ2n) is 4.50. The molecule has 0 bridgehead atoms. The van der Waals surface area contributed by atoms with Gasteiger partial charge in [-0.1, -0.05) is 40.6 Å². The molecule has 16 heavy (non-hydrogen) atoms. The third-order valence-corrected chi connectivity index (χ3v) is 2.60. The highest BCUT2D eigenvalue weighted by Crippen LogP contribution is 2.18. The van der Waals surface area contributed by atoms with Crippen molar-refractivity contribution >= 4 is 5.71 Å². The van der Waals surface area contributed by atoms with Crippen LogP contribution >= 0.6 is 0 Å². The molecule has 2 heteroatoms. The van der Waals surface area contributed by atoms with Gasteiger partial charge < -0.3 is 4.84 Å². The van der Waals surface area contributed by atoms with Crippen LogP contribution in [0.5, 0.6) is 0 Å². The lowest BCUT2D eigenvalue weighted by Gasteiger charge is -2.02. The van der Waals surface area contributed by atoms with E-state index in [9.17, 15) is 0 Å². The van der Waals surface area contributed by atoms with E-state index < -0.39 is 0 Å². The first kappa shape index (κ1) is 10.9. The molecule has 0 fully saturated rings. The van der Waals surface area contributed by atoms with Crippen molar-refractivity contribution in [1.82, 2.24) is 0 Å². The average molecular weight is 215 g/mol. The maximum atomic E-state index is 5.37. The predicted molar refractivity (Wildman–Crippen MR) is 66.6 cm³/mol. The third kappa shape index (κ3) is 2.51. The minimum atomic E-state index is 0.112. The van der Waals surface area contributed by atoms with Crippen LogP contribution in [0, 0.1) is 6.92 Å². The summed E-state index contributed by atoms with van der Waals surface area (Å²) in [6, 6.07) is 8.41. The average Bonchev–Trinajstić information content (AvgIpc) is 2.66. The molecule has 1 atom stereocenters. The molecule has 0 radical (unpaired) electrons. The molecule has 0 amide bonds. The maximum Gasteiger partial charge on any atom is 0.151 e. The van der Waals surface area contributed by atoms with Crippen LogP contribution in [-0.4, -0.2) is 11.8 Å². The van der Waals surface area contributed by atoms with Gasteiger partial charge in [0.1, 0.15) is 0 Å². The molecule has 2 nitrogen and oxygen atoms in total. The number of benzene rings is 1. The topological polar surface area (TPSA) is 21.6 Å². The number of nitrogens with zero attached hydrogens (tertiary/aromatic N) is 1. The van der Waals surface area contributed by atoms with Gasteiger partial charge in [0.05, 0.1) is 5.71 Å². The number of hydrogen-bond acceptors (Lipinski definition) is 2. The Balaban J connectivity index is 2.09. The zero-order chi connectivity index (χ0) is 11.5. The smallest absolute Gasteiger partial charge is 0.151 e. The van der Waals surface area contributed by atoms with Crippen LogP contribution in [0.15, 0.2) is 41.1 Å². The fourth-order valence-corrected chi connectivity index (χ4v) is 1.77. The van der Waals surface area contributed by atoms with E-state index in [4.69, 9.17) is 4.84 Å². The Morgan fingerprint density at radius 3 is 2.62 bits per heavy atom. The highest BCUT2D eigenvalue weighted by Gasteiger charge is 2.19. The van der Waals surface area contributed by atoms with E-state index in [0.29, 0.717) is 0 Å². The summed E-state index contributed by atoms with van der Waals surface area (Å²) in [7, 11) is 0. The van der Waals surface area contributed by atoms with Gasteiger partial charge in [-0.25, -0.2) is 0 Å². The first-order valence-corrected chi connectivity index (χ1v) is 5.60. The number of oxime groups is 1. The van der Waals surface area contributed by atoms with Crippen LogP contribution in [-0.2, 0) is 4.84 Å². The fraction of sp³-hybridized carbons (Fsp3) is 0.357. The zero-order valence-electron chi connectivity index (χ0n) is 10.0. The molecule has 0 N–H and O–H groups in total. The summed E-state index contributed by atoms with van der Waals surface area (Å²) >= 11 is 0. The van der Waals surface area contributed by atoms with Gasteiger partial charge in [0, 0.05) is 6.42 Å².